The number of hydrogen-bond donors (Lipinski definition) is 3. The summed E-state index contributed by atoms with van der Waals surface area (Å²) in [6.45, 7) is 7.61. The second-order valence-corrected chi connectivity index (χ2v) is 7.29. The van der Waals surface area contributed by atoms with Gasteiger partial charge in [0.25, 0.3) is 0 Å². The van der Waals surface area contributed by atoms with Gasteiger partial charge in [-0.1, -0.05) is 6.07 Å². The third-order valence-electron chi connectivity index (χ3n) is 3.93. The predicted octanol–water partition coefficient (Wildman–Crippen LogP) is 2.54. The fraction of sp³-hybridized carbons (Fsp3) is 0.500. The molecule has 3 N–H and O–H groups in total. The van der Waals surface area contributed by atoms with Crippen molar-refractivity contribution in [3.63, 3.8) is 0 Å². The van der Waals surface area contributed by atoms with E-state index in [9.17, 15) is 14.4 Å². The van der Waals surface area contributed by atoms with E-state index in [-0.39, 0.29) is 11.5 Å². The van der Waals surface area contributed by atoms with Crippen molar-refractivity contribution >= 4 is 23.7 Å². The molecule has 2 rings (SSSR count). The standard InChI is InChI=1S/C18H25N3O5/c1-11-7-8-12(16(23)24)10-13(11)19-15(22)14-6-5-9-21(14)20-17(25)26-18(2,3)4/h7-8,10,14H,5-6,9H2,1-4H3,(H,19,22)(H,20,25)(H,23,24). The minimum Gasteiger partial charge on any atom is -0.478 e. The number of carboxylic acid groups (broad SMARTS) is 1. The van der Waals surface area contributed by atoms with E-state index in [1.165, 1.54) is 12.1 Å². The van der Waals surface area contributed by atoms with Crippen molar-refractivity contribution in [2.45, 2.75) is 52.2 Å². The Morgan fingerprint density at radius 1 is 1.27 bits per heavy atom. The number of rotatable bonds is 4. The van der Waals surface area contributed by atoms with Crippen LogP contribution < -0.4 is 10.7 Å². The normalized spacial score (nSPS) is 17.6. The molecule has 0 aromatic heterocycles. The third-order valence-corrected chi connectivity index (χ3v) is 3.93. The molecule has 1 heterocycles. The number of amides is 2. The molecule has 1 fully saturated rings. The van der Waals surface area contributed by atoms with E-state index in [1.807, 2.05) is 0 Å². The number of nitrogens with one attached hydrogen (secondary N) is 2. The lowest BCUT2D eigenvalue weighted by Crippen LogP contribution is -2.51. The molecular weight excluding hydrogens is 338 g/mol. The van der Waals surface area contributed by atoms with E-state index in [2.05, 4.69) is 10.7 Å². The SMILES string of the molecule is Cc1ccc(C(=O)O)cc1NC(=O)C1CCCN1NC(=O)OC(C)(C)C. The number of carbonyl (C=O) groups is 3. The minimum absolute atomic E-state index is 0.0982. The fourth-order valence-corrected chi connectivity index (χ4v) is 2.70. The third kappa shape index (κ3) is 5.19. The van der Waals surface area contributed by atoms with Crippen LogP contribution in [0.15, 0.2) is 18.2 Å². The Hall–Kier alpha value is -2.61. The number of nitrogens with zero attached hydrogens (tertiary/aromatic N) is 1. The van der Waals surface area contributed by atoms with Crippen molar-refractivity contribution in [3.8, 4) is 0 Å². The number of hydrogen-bond acceptors (Lipinski definition) is 5. The van der Waals surface area contributed by atoms with E-state index in [0.717, 1.165) is 12.0 Å². The van der Waals surface area contributed by atoms with Crippen LogP contribution in [-0.2, 0) is 9.53 Å². The maximum absolute atomic E-state index is 12.6. The van der Waals surface area contributed by atoms with Crippen LogP contribution in [0.4, 0.5) is 10.5 Å². The van der Waals surface area contributed by atoms with Crippen molar-refractivity contribution in [2.75, 3.05) is 11.9 Å². The Bertz CT molecular complexity index is 711. The number of ether oxygens (including phenoxy) is 1. The maximum Gasteiger partial charge on any atom is 0.422 e. The first-order valence-corrected chi connectivity index (χ1v) is 8.48. The number of aryl methyl sites for hydroxylation is 1. The van der Waals surface area contributed by atoms with Gasteiger partial charge in [-0.05, 0) is 58.2 Å². The summed E-state index contributed by atoms with van der Waals surface area (Å²) in [5, 5.41) is 13.4. The van der Waals surface area contributed by atoms with Crippen LogP contribution in [0.1, 0.15) is 49.5 Å². The van der Waals surface area contributed by atoms with Gasteiger partial charge in [0, 0.05) is 12.2 Å². The molecule has 1 aliphatic rings. The quantitative estimate of drug-likeness (QED) is 0.759. The monoisotopic (exact) mass is 363 g/mol. The van der Waals surface area contributed by atoms with Crippen LogP contribution in [0.2, 0.25) is 0 Å². The first-order valence-electron chi connectivity index (χ1n) is 8.48. The Kier molecular flexibility index (Phi) is 5.86. The molecule has 0 aliphatic carbocycles. The molecule has 8 heteroatoms. The van der Waals surface area contributed by atoms with Gasteiger partial charge < -0.3 is 15.2 Å². The topological polar surface area (TPSA) is 108 Å². The average Bonchev–Trinajstić information content (AvgIpc) is 2.95. The zero-order valence-corrected chi connectivity index (χ0v) is 15.5. The molecule has 0 bridgehead atoms. The van der Waals surface area contributed by atoms with E-state index in [4.69, 9.17) is 9.84 Å². The number of benzene rings is 1. The Morgan fingerprint density at radius 2 is 1.96 bits per heavy atom. The summed E-state index contributed by atoms with van der Waals surface area (Å²) < 4.78 is 5.22. The summed E-state index contributed by atoms with van der Waals surface area (Å²) >= 11 is 0. The average molecular weight is 363 g/mol. The summed E-state index contributed by atoms with van der Waals surface area (Å²) in [4.78, 5) is 35.7. The molecule has 1 unspecified atom stereocenters. The molecule has 0 radical (unpaired) electrons. The molecule has 2 amide bonds. The highest BCUT2D eigenvalue weighted by Gasteiger charge is 2.33. The second-order valence-electron chi connectivity index (χ2n) is 7.29. The van der Waals surface area contributed by atoms with Crippen molar-refractivity contribution in [2.24, 2.45) is 0 Å². The Morgan fingerprint density at radius 3 is 2.58 bits per heavy atom. The summed E-state index contributed by atoms with van der Waals surface area (Å²) in [5.41, 5.74) is 3.28. The highest BCUT2D eigenvalue weighted by molar-refractivity contribution is 5.97. The van der Waals surface area contributed by atoms with Crippen LogP contribution in [-0.4, -0.2) is 46.3 Å². The molecule has 8 nitrogen and oxygen atoms in total. The minimum atomic E-state index is -1.06. The van der Waals surface area contributed by atoms with Gasteiger partial charge in [0.1, 0.15) is 11.6 Å². The van der Waals surface area contributed by atoms with Crippen LogP contribution in [0.25, 0.3) is 0 Å². The summed E-state index contributed by atoms with van der Waals surface area (Å²) in [6.07, 6.45) is 0.725. The number of aromatic carboxylic acids is 1. The molecule has 0 saturated carbocycles. The first-order chi connectivity index (χ1) is 12.1. The van der Waals surface area contributed by atoms with Gasteiger partial charge in [-0.3, -0.25) is 10.2 Å². The van der Waals surface area contributed by atoms with E-state index in [1.54, 1.807) is 38.8 Å². The predicted molar refractivity (Wildman–Crippen MR) is 95.9 cm³/mol. The summed E-state index contributed by atoms with van der Waals surface area (Å²) in [6, 6.07) is 4.01. The smallest absolute Gasteiger partial charge is 0.422 e. The van der Waals surface area contributed by atoms with Gasteiger partial charge in [-0.2, -0.15) is 0 Å². The van der Waals surface area contributed by atoms with Crippen LogP contribution in [0.5, 0.6) is 0 Å². The molecule has 1 atom stereocenters. The lowest BCUT2D eigenvalue weighted by molar-refractivity contribution is -0.121. The molecule has 1 aliphatic heterocycles. The summed E-state index contributed by atoms with van der Waals surface area (Å²) in [7, 11) is 0. The number of anilines is 1. The molecule has 1 aromatic carbocycles. The maximum atomic E-state index is 12.6. The molecule has 142 valence electrons. The Balaban J connectivity index is 2.05. The van der Waals surface area contributed by atoms with Gasteiger partial charge in [0.2, 0.25) is 5.91 Å². The van der Waals surface area contributed by atoms with Gasteiger partial charge in [0.05, 0.1) is 5.56 Å². The van der Waals surface area contributed by atoms with Gasteiger partial charge in [-0.15, -0.1) is 0 Å². The largest absolute Gasteiger partial charge is 0.478 e. The molecule has 26 heavy (non-hydrogen) atoms. The van der Waals surface area contributed by atoms with Crippen molar-refractivity contribution in [1.29, 1.82) is 0 Å². The highest BCUT2D eigenvalue weighted by atomic mass is 16.6. The Labute approximate surface area is 152 Å². The van der Waals surface area contributed by atoms with Gasteiger partial charge in [-0.25, -0.2) is 14.6 Å². The number of carboxylic acids is 1. The summed E-state index contributed by atoms with van der Waals surface area (Å²) in [5.74, 6) is -1.36. The first kappa shape index (κ1) is 19.7. The zero-order valence-electron chi connectivity index (χ0n) is 15.5. The number of hydrazine groups is 1. The van der Waals surface area contributed by atoms with Gasteiger partial charge >= 0.3 is 12.1 Å². The van der Waals surface area contributed by atoms with Crippen molar-refractivity contribution < 1.29 is 24.2 Å². The van der Waals surface area contributed by atoms with Crippen molar-refractivity contribution in [3.05, 3.63) is 29.3 Å². The van der Waals surface area contributed by atoms with E-state index >= 15 is 0 Å². The van der Waals surface area contributed by atoms with Crippen LogP contribution in [0, 0.1) is 6.92 Å². The molecule has 1 aromatic rings. The highest BCUT2D eigenvalue weighted by Crippen LogP contribution is 2.21. The molecular formula is C18H25N3O5. The van der Waals surface area contributed by atoms with Gasteiger partial charge in [0.15, 0.2) is 0 Å². The lowest BCUT2D eigenvalue weighted by Gasteiger charge is -2.27. The fourth-order valence-electron chi connectivity index (χ4n) is 2.70. The number of carbonyl (C=O) groups excluding carboxylic acids is 2. The zero-order chi connectivity index (χ0) is 19.5. The van der Waals surface area contributed by atoms with Crippen LogP contribution >= 0.6 is 0 Å². The second kappa shape index (κ2) is 7.74. The van der Waals surface area contributed by atoms with Crippen molar-refractivity contribution in [1.82, 2.24) is 10.4 Å². The molecule has 0 spiro atoms. The van der Waals surface area contributed by atoms with Crippen LogP contribution in [0.3, 0.4) is 0 Å². The van der Waals surface area contributed by atoms with E-state index < -0.39 is 23.7 Å². The lowest BCUT2D eigenvalue weighted by atomic mass is 10.1. The van der Waals surface area contributed by atoms with E-state index in [0.29, 0.717) is 18.7 Å². The molecule has 1 saturated heterocycles.